The molecule has 1 aromatic heterocycles. The Bertz CT molecular complexity index is 1770. The van der Waals surface area contributed by atoms with E-state index in [0.29, 0.717) is 27.8 Å². The molecule has 47 heavy (non-hydrogen) atoms. The number of benzene rings is 3. The molecule has 5 rings (SSSR count). The normalized spacial score (nSPS) is 14.9. The average Bonchev–Trinajstić information content (AvgIpc) is 3.55. The first-order chi connectivity index (χ1) is 22.5. The van der Waals surface area contributed by atoms with E-state index in [1.54, 1.807) is 31.4 Å². The van der Waals surface area contributed by atoms with Crippen molar-refractivity contribution in [1.82, 2.24) is 20.1 Å². The minimum Gasteiger partial charge on any atom is -0.497 e. The van der Waals surface area contributed by atoms with Crippen LogP contribution < -0.4 is 19.7 Å². The lowest BCUT2D eigenvalue weighted by molar-refractivity contribution is -0.274. The van der Waals surface area contributed by atoms with Crippen LogP contribution >= 0.6 is 11.8 Å². The van der Waals surface area contributed by atoms with Crippen molar-refractivity contribution in [2.75, 3.05) is 30.9 Å². The highest BCUT2D eigenvalue weighted by atomic mass is 32.2. The maximum absolute atomic E-state index is 13.0. The molecule has 3 aromatic carbocycles. The Morgan fingerprint density at radius 1 is 1.11 bits per heavy atom. The summed E-state index contributed by atoms with van der Waals surface area (Å²) in [6.07, 6.45) is -2.39. The SMILES string of the molecule is COc1ccc(C(C)C)c(N2CCCS/C2=N\C(=O)NCC(C#N)c2ccc(-c3ncn(-c4ccc(OC(F)(F)F)cc4)n3)cc2)c1. The van der Waals surface area contributed by atoms with Crippen LogP contribution in [0.15, 0.2) is 78.0 Å². The highest BCUT2D eigenvalue weighted by Crippen LogP contribution is 2.35. The van der Waals surface area contributed by atoms with Gasteiger partial charge in [0.1, 0.15) is 17.8 Å². The molecule has 4 aromatic rings. The number of aromatic nitrogens is 3. The molecule has 1 fully saturated rings. The highest BCUT2D eigenvalue weighted by Gasteiger charge is 2.31. The molecule has 10 nitrogen and oxygen atoms in total. The second-order valence-electron chi connectivity index (χ2n) is 10.9. The number of methoxy groups -OCH3 is 1. The fourth-order valence-electron chi connectivity index (χ4n) is 4.99. The summed E-state index contributed by atoms with van der Waals surface area (Å²) in [5.41, 5.74) is 3.95. The number of halogens is 3. The number of carbonyl (C=O) groups excluding carboxylic acids is 1. The number of amidine groups is 1. The van der Waals surface area contributed by atoms with E-state index in [1.807, 2.05) is 18.2 Å². The fourth-order valence-corrected chi connectivity index (χ4v) is 5.94. The number of rotatable bonds is 9. The van der Waals surface area contributed by atoms with Gasteiger partial charge in [0.05, 0.1) is 24.8 Å². The summed E-state index contributed by atoms with van der Waals surface area (Å²) in [4.78, 5) is 23.7. The fraction of sp³-hybridized carbons (Fsp3) is 0.303. The molecular formula is C33H32F3N7O3S. The molecule has 0 saturated carbocycles. The number of aliphatic imine (C=N–C) groups is 1. The van der Waals surface area contributed by atoms with Gasteiger partial charge in [0.25, 0.3) is 0 Å². The summed E-state index contributed by atoms with van der Waals surface area (Å²) in [6.45, 7) is 5.02. The number of carbonyl (C=O) groups is 1. The van der Waals surface area contributed by atoms with E-state index in [0.717, 1.165) is 35.7 Å². The third-order valence-electron chi connectivity index (χ3n) is 7.35. The smallest absolute Gasteiger partial charge is 0.497 e. The Hall–Kier alpha value is -5.03. The van der Waals surface area contributed by atoms with E-state index in [4.69, 9.17) is 4.74 Å². The number of ether oxygens (including phenoxy) is 2. The zero-order chi connectivity index (χ0) is 33.6. The number of urea groups is 1. The Morgan fingerprint density at radius 3 is 2.49 bits per heavy atom. The molecule has 1 N–H and O–H groups in total. The monoisotopic (exact) mass is 663 g/mol. The Balaban J connectivity index is 1.23. The van der Waals surface area contributed by atoms with E-state index in [-0.39, 0.29) is 18.2 Å². The number of alkyl halides is 3. The number of anilines is 1. The number of hydrogen-bond donors (Lipinski definition) is 1. The first kappa shape index (κ1) is 33.3. The topological polar surface area (TPSA) is 118 Å². The summed E-state index contributed by atoms with van der Waals surface area (Å²) in [6, 6.07) is 20.0. The number of hydrogen-bond acceptors (Lipinski definition) is 7. The van der Waals surface area contributed by atoms with E-state index < -0.39 is 18.3 Å². The van der Waals surface area contributed by atoms with Gasteiger partial charge in [-0.1, -0.05) is 55.9 Å². The number of nitriles is 1. The van der Waals surface area contributed by atoms with Crippen LogP contribution in [0, 0.1) is 11.3 Å². The molecule has 244 valence electrons. The van der Waals surface area contributed by atoms with Crippen molar-refractivity contribution in [3.8, 4) is 34.6 Å². The molecule has 0 bridgehead atoms. The van der Waals surface area contributed by atoms with E-state index in [9.17, 15) is 23.2 Å². The molecule has 1 atom stereocenters. The first-order valence-corrected chi connectivity index (χ1v) is 15.8. The predicted molar refractivity (Wildman–Crippen MR) is 174 cm³/mol. The Labute approximate surface area is 274 Å². The van der Waals surface area contributed by atoms with Gasteiger partial charge in [0.2, 0.25) is 0 Å². The molecular weight excluding hydrogens is 631 g/mol. The number of thioether (sulfide) groups is 1. The Kier molecular flexibility index (Phi) is 10.4. The molecule has 14 heteroatoms. The van der Waals surface area contributed by atoms with Crippen LogP contribution in [0.3, 0.4) is 0 Å². The second kappa shape index (κ2) is 14.6. The minimum atomic E-state index is -4.77. The molecule has 1 aliphatic heterocycles. The van der Waals surface area contributed by atoms with Gasteiger partial charge in [-0.25, -0.2) is 14.5 Å². The van der Waals surface area contributed by atoms with Crippen molar-refractivity contribution in [2.45, 2.75) is 38.5 Å². The van der Waals surface area contributed by atoms with Crippen LogP contribution in [0.2, 0.25) is 0 Å². The van der Waals surface area contributed by atoms with Crippen LogP contribution in [-0.4, -0.2) is 58.3 Å². The van der Waals surface area contributed by atoms with Crippen LogP contribution in [0.5, 0.6) is 11.5 Å². The van der Waals surface area contributed by atoms with E-state index in [1.165, 1.54) is 47.0 Å². The molecule has 0 radical (unpaired) electrons. The van der Waals surface area contributed by atoms with Crippen molar-refractivity contribution >= 4 is 28.6 Å². The summed E-state index contributed by atoms with van der Waals surface area (Å²) in [5.74, 6) is 1.25. The lowest BCUT2D eigenvalue weighted by atomic mass is 9.99. The van der Waals surface area contributed by atoms with Crippen molar-refractivity contribution in [3.05, 3.63) is 84.2 Å². The second-order valence-corrected chi connectivity index (χ2v) is 11.9. The van der Waals surface area contributed by atoms with E-state index >= 15 is 0 Å². The number of nitrogens with zero attached hydrogens (tertiary/aromatic N) is 6. The van der Waals surface area contributed by atoms with Gasteiger partial charge in [0.15, 0.2) is 11.0 Å². The molecule has 2 heterocycles. The van der Waals surface area contributed by atoms with Crippen molar-refractivity contribution < 1.29 is 27.4 Å². The van der Waals surface area contributed by atoms with Crippen LogP contribution in [0.1, 0.15) is 43.2 Å². The zero-order valence-corrected chi connectivity index (χ0v) is 26.7. The van der Waals surface area contributed by atoms with Crippen LogP contribution in [0.25, 0.3) is 17.1 Å². The average molecular weight is 664 g/mol. The van der Waals surface area contributed by atoms with Crippen LogP contribution in [0.4, 0.5) is 23.7 Å². The van der Waals surface area contributed by atoms with Crippen molar-refractivity contribution in [2.24, 2.45) is 4.99 Å². The van der Waals surface area contributed by atoms with Crippen molar-refractivity contribution in [1.29, 1.82) is 5.26 Å². The summed E-state index contributed by atoms with van der Waals surface area (Å²) >= 11 is 1.52. The number of nitrogens with one attached hydrogen (secondary N) is 1. The van der Waals surface area contributed by atoms with Crippen molar-refractivity contribution in [3.63, 3.8) is 0 Å². The maximum atomic E-state index is 13.0. The molecule has 1 aliphatic rings. The van der Waals surface area contributed by atoms with Crippen LogP contribution in [-0.2, 0) is 0 Å². The summed E-state index contributed by atoms with van der Waals surface area (Å²) in [5, 5.41) is 17.7. The molecule has 2 amide bonds. The highest BCUT2D eigenvalue weighted by molar-refractivity contribution is 8.14. The van der Waals surface area contributed by atoms with Gasteiger partial charge >= 0.3 is 12.4 Å². The largest absolute Gasteiger partial charge is 0.573 e. The zero-order valence-electron chi connectivity index (χ0n) is 25.9. The molecule has 1 unspecified atom stereocenters. The molecule has 0 spiro atoms. The van der Waals surface area contributed by atoms with Gasteiger partial charge in [-0.2, -0.15) is 10.3 Å². The number of amides is 2. The van der Waals surface area contributed by atoms with Gasteiger partial charge < -0.3 is 19.7 Å². The lowest BCUT2D eigenvalue weighted by Crippen LogP contribution is -2.37. The minimum absolute atomic E-state index is 0.0630. The Morgan fingerprint density at radius 2 is 1.83 bits per heavy atom. The summed E-state index contributed by atoms with van der Waals surface area (Å²) < 4.78 is 48.1. The predicted octanol–water partition coefficient (Wildman–Crippen LogP) is 7.28. The standard InChI is InChI=1S/C33H32F3N7O3S/c1-21(2)28-14-13-27(45-3)17-29(28)42-15-4-16-47-32(42)40-31(44)38-19-24(18-37)22-5-7-23(8-6-22)30-39-20-43(41-30)25-9-11-26(12-10-25)46-33(34,35)36/h5-14,17,20-21,24H,4,15-16,19H2,1-3H3,(H,38,44)/b40-32-. The molecule has 1 saturated heterocycles. The summed E-state index contributed by atoms with van der Waals surface area (Å²) in [7, 11) is 1.62. The third-order valence-corrected chi connectivity index (χ3v) is 8.41. The maximum Gasteiger partial charge on any atom is 0.573 e. The third kappa shape index (κ3) is 8.42. The first-order valence-electron chi connectivity index (χ1n) is 14.8. The van der Waals surface area contributed by atoms with Gasteiger partial charge in [-0.3, -0.25) is 0 Å². The van der Waals surface area contributed by atoms with Gasteiger partial charge in [0, 0.05) is 36.2 Å². The quantitative estimate of drug-likeness (QED) is 0.199. The van der Waals surface area contributed by atoms with E-state index in [2.05, 4.69) is 49.9 Å². The van der Waals surface area contributed by atoms with Gasteiger partial charge in [-0.05, 0) is 53.8 Å². The lowest BCUT2D eigenvalue weighted by Gasteiger charge is -2.32. The van der Waals surface area contributed by atoms with Gasteiger partial charge in [-0.15, -0.1) is 18.3 Å². The molecule has 0 aliphatic carbocycles.